The van der Waals surface area contributed by atoms with E-state index in [-0.39, 0.29) is 35.2 Å². The first-order valence-electron chi connectivity index (χ1n) is 9.84. The first kappa shape index (κ1) is 22.3. The number of fused-ring (bicyclic) bond motifs is 4. The first-order valence-corrected chi connectivity index (χ1v) is 11.2. The minimum Gasteiger partial charge on any atom is -0.462 e. The molecule has 4 heterocycles. The van der Waals surface area contributed by atoms with Crippen molar-refractivity contribution in [3.8, 4) is 29.2 Å². The van der Waals surface area contributed by atoms with Gasteiger partial charge in [0.15, 0.2) is 5.54 Å². The van der Waals surface area contributed by atoms with E-state index >= 15 is 0 Å². The summed E-state index contributed by atoms with van der Waals surface area (Å²) in [5, 5.41) is 0. The molecule has 0 bridgehead atoms. The van der Waals surface area contributed by atoms with Crippen LogP contribution in [0.3, 0.4) is 0 Å². The summed E-state index contributed by atoms with van der Waals surface area (Å²) in [6.45, 7) is 2.86. The molecule has 0 amide bonds. The van der Waals surface area contributed by atoms with Gasteiger partial charge in [0.2, 0.25) is 5.88 Å². The lowest BCUT2D eigenvalue weighted by Gasteiger charge is -2.33. The van der Waals surface area contributed by atoms with Gasteiger partial charge in [0, 0.05) is 17.3 Å². The second kappa shape index (κ2) is 7.25. The molecular formula is C21H16F3N3O6S. The van der Waals surface area contributed by atoms with E-state index in [9.17, 15) is 21.6 Å². The van der Waals surface area contributed by atoms with E-state index in [0.29, 0.717) is 24.3 Å². The Bertz CT molecular complexity index is 1390. The number of amidine groups is 1. The quantitative estimate of drug-likeness (QED) is 0.383. The number of benzene rings is 1. The highest BCUT2D eigenvalue weighted by molar-refractivity contribution is 7.88. The molecule has 1 aromatic heterocycles. The molecule has 3 aliphatic rings. The summed E-state index contributed by atoms with van der Waals surface area (Å²) < 4.78 is 82.1. The molecule has 1 spiro atoms. The predicted molar refractivity (Wildman–Crippen MR) is 111 cm³/mol. The predicted octanol–water partition coefficient (Wildman–Crippen LogP) is 2.39. The molecule has 2 N–H and O–H groups in total. The first-order chi connectivity index (χ1) is 15.9. The number of alkyl halides is 3. The average Bonchev–Trinajstić information content (AvgIpc) is 3.13. The third-order valence-corrected chi connectivity index (χ3v) is 6.45. The van der Waals surface area contributed by atoms with Crippen LogP contribution in [0.1, 0.15) is 23.6 Å². The highest BCUT2D eigenvalue weighted by Gasteiger charge is 2.50. The topological polar surface area (TPSA) is 122 Å². The van der Waals surface area contributed by atoms with Crippen molar-refractivity contribution < 1.29 is 40.0 Å². The summed E-state index contributed by atoms with van der Waals surface area (Å²) in [4.78, 5) is 8.71. The van der Waals surface area contributed by atoms with Crippen LogP contribution in [0, 0.1) is 17.3 Å². The van der Waals surface area contributed by atoms with Crippen LogP contribution >= 0.6 is 0 Å². The van der Waals surface area contributed by atoms with Gasteiger partial charge in [-0.3, -0.25) is 0 Å². The Hall–Kier alpha value is -3.50. The summed E-state index contributed by atoms with van der Waals surface area (Å²) in [6, 6.07) is 4.90. The summed E-state index contributed by atoms with van der Waals surface area (Å²) >= 11 is 0. The molecule has 0 radical (unpaired) electrons. The number of rotatable bonds is 2. The van der Waals surface area contributed by atoms with Gasteiger partial charge >= 0.3 is 15.6 Å². The number of ether oxygens (including phenoxy) is 3. The molecule has 3 aliphatic heterocycles. The van der Waals surface area contributed by atoms with E-state index in [2.05, 4.69) is 26.0 Å². The van der Waals surface area contributed by atoms with Crippen LogP contribution in [-0.2, 0) is 25.1 Å². The molecule has 13 heteroatoms. The van der Waals surface area contributed by atoms with Gasteiger partial charge in [-0.1, -0.05) is 11.8 Å². The standard InChI is InChI=1S/C21H16F3N3O6S/c1-19(9-30-10-19)5-4-12-6-15-17(26-8-12)32-16-3-2-13(33-34(28,29)21(22,23)24)7-14(16)20(15)11-31-18(25)27-20/h2-3,6-8H,9-11H2,1H3,(H2,25,27)/t20-/m0/s1. The van der Waals surface area contributed by atoms with Crippen molar-refractivity contribution in [1.82, 2.24) is 4.98 Å². The Morgan fingerprint density at radius 2 is 1.94 bits per heavy atom. The highest BCUT2D eigenvalue weighted by Crippen LogP contribution is 2.51. The van der Waals surface area contributed by atoms with Gasteiger partial charge in [-0.15, -0.1) is 0 Å². The molecule has 1 atom stereocenters. The minimum atomic E-state index is -5.88. The number of halogens is 3. The van der Waals surface area contributed by atoms with E-state index in [1.54, 1.807) is 6.07 Å². The molecule has 0 unspecified atom stereocenters. The Labute approximate surface area is 191 Å². The molecule has 2 aromatic rings. The van der Waals surface area contributed by atoms with Crippen molar-refractivity contribution in [2.45, 2.75) is 18.0 Å². The molecule has 1 fully saturated rings. The average molecular weight is 495 g/mol. The maximum atomic E-state index is 12.8. The second-order valence-electron chi connectivity index (χ2n) is 8.22. The fourth-order valence-corrected chi connectivity index (χ4v) is 4.16. The number of nitrogens with zero attached hydrogens (tertiary/aromatic N) is 2. The van der Waals surface area contributed by atoms with Gasteiger partial charge in [-0.2, -0.15) is 21.6 Å². The highest BCUT2D eigenvalue weighted by atomic mass is 32.2. The fourth-order valence-electron chi connectivity index (χ4n) is 3.70. The zero-order valence-electron chi connectivity index (χ0n) is 17.5. The number of nitrogens with two attached hydrogens (primary N) is 1. The van der Waals surface area contributed by atoms with Crippen LogP contribution < -0.4 is 14.7 Å². The largest absolute Gasteiger partial charge is 0.534 e. The van der Waals surface area contributed by atoms with Gasteiger partial charge in [-0.05, 0) is 31.2 Å². The molecule has 1 aromatic carbocycles. The van der Waals surface area contributed by atoms with Crippen molar-refractivity contribution in [2.24, 2.45) is 16.1 Å². The molecule has 1 saturated heterocycles. The molecule has 9 nitrogen and oxygen atoms in total. The van der Waals surface area contributed by atoms with Gasteiger partial charge < -0.3 is 24.1 Å². The molecule has 178 valence electrons. The molecule has 5 rings (SSSR count). The second-order valence-corrected chi connectivity index (χ2v) is 9.76. The minimum absolute atomic E-state index is 0.123. The number of aromatic nitrogens is 1. The third-order valence-electron chi connectivity index (χ3n) is 5.47. The Balaban J connectivity index is 1.60. The zero-order valence-corrected chi connectivity index (χ0v) is 18.3. The van der Waals surface area contributed by atoms with E-state index in [4.69, 9.17) is 19.9 Å². The zero-order chi connectivity index (χ0) is 24.4. The van der Waals surface area contributed by atoms with Gasteiger partial charge in [0.25, 0.3) is 6.02 Å². The molecule has 0 saturated carbocycles. The fraction of sp³-hybridized carbons (Fsp3) is 0.333. The lowest BCUT2D eigenvalue weighted by Crippen LogP contribution is -2.38. The van der Waals surface area contributed by atoms with Gasteiger partial charge in [-0.25, -0.2) is 9.98 Å². The maximum Gasteiger partial charge on any atom is 0.534 e. The number of hydrogen-bond donors (Lipinski definition) is 1. The van der Waals surface area contributed by atoms with Crippen molar-refractivity contribution in [3.63, 3.8) is 0 Å². The van der Waals surface area contributed by atoms with Crippen molar-refractivity contribution in [2.75, 3.05) is 19.8 Å². The SMILES string of the molecule is CC1(C#Cc2cnc3c(c2)[C@]2(COC(N)=N2)c2cc(OS(=O)(=O)C(F)(F)F)ccc2O3)COC1. The summed E-state index contributed by atoms with van der Waals surface area (Å²) in [7, 11) is -5.88. The smallest absolute Gasteiger partial charge is 0.462 e. The van der Waals surface area contributed by atoms with Crippen molar-refractivity contribution in [3.05, 3.63) is 47.2 Å². The number of pyridine rings is 1. The van der Waals surface area contributed by atoms with E-state index in [0.717, 1.165) is 12.1 Å². The molecule has 0 aliphatic carbocycles. The Morgan fingerprint density at radius 3 is 2.56 bits per heavy atom. The normalized spacial score (nSPS) is 22.2. The van der Waals surface area contributed by atoms with Crippen LogP contribution in [0.2, 0.25) is 0 Å². The van der Waals surface area contributed by atoms with Crippen LogP contribution in [-0.4, -0.2) is 44.8 Å². The lowest BCUT2D eigenvalue weighted by molar-refractivity contribution is -0.0648. The van der Waals surface area contributed by atoms with Crippen molar-refractivity contribution >= 4 is 16.1 Å². The number of aliphatic imine (C=N–C) groups is 1. The van der Waals surface area contributed by atoms with Gasteiger partial charge in [0.05, 0.1) is 24.2 Å². The number of hydrogen-bond acceptors (Lipinski definition) is 9. The van der Waals surface area contributed by atoms with Crippen LogP contribution in [0.25, 0.3) is 0 Å². The maximum absolute atomic E-state index is 12.8. The molecule has 34 heavy (non-hydrogen) atoms. The van der Waals surface area contributed by atoms with E-state index < -0.39 is 26.9 Å². The van der Waals surface area contributed by atoms with Gasteiger partial charge in [0.1, 0.15) is 18.1 Å². The molecular weight excluding hydrogens is 479 g/mol. The Morgan fingerprint density at radius 1 is 1.18 bits per heavy atom. The summed E-state index contributed by atoms with van der Waals surface area (Å²) in [5.41, 5.74) is -0.315. The lowest BCUT2D eigenvalue weighted by atomic mass is 9.82. The Kier molecular flexibility index (Phi) is 4.75. The van der Waals surface area contributed by atoms with E-state index in [1.807, 2.05) is 6.92 Å². The summed E-state index contributed by atoms with van der Waals surface area (Å²) in [5.74, 6) is 5.95. The van der Waals surface area contributed by atoms with Crippen LogP contribution in [0.15, 0.2) is 35.5 Å². The monoisotopic (exact) mass is 495 g/mol. The van der Waals surface area contributed by atoms with Crippen LogP contribution in [0.4, 0.5) is 13.2 Å². The van der Waals surface area contributed by atoms with Crippen LogP contribution in [0.5, 0.6) is 17.4 Å². The summed E-state index contributed by atoms with van der Waals surface area (Å²) in [6.07, 6.45) is 1.52. The van der Waals surface area contributed by atoms with E-state index in [1.165, 1.54) is 12.3 Å². The van der Waals surface area contributed by atoms with Crippen molar-refractivity contribution in [1.29, 1.82) is 0 Å². The third kappa shape index (κ3) is 3.59.